The number of halogens is 2. The molecular weight excluding hydrogens is 418 g/mol. The van der Waals surface area contributed by atoms with E-state index in [-0.39, 0.29) is 35.8 Å². The molecule has 9 heteroatoms. The first kappa shape index (κ1) is 19.8. The smallest absolute Gasteiger partial charge is 0.320 e. The van der Waals surface area contributed by atoms with Crippen molar-refractivity contribution >= 4 is 11.8 Å². The van der Waals surface area contributed by atoms with Crippen LogP contribution in [0, 0.1) is 28.9 Å². The lowest BCUT2D eigenvalue weighted by Gasteiger charge is -2.16. The summed E-state index contributed by atoms with van der Waals surface area (Å²) in [7, 11) is 0. The van der Waals surface area contributed by atoms with E-state index in [1.165, 1.54) is 6.20 Å². The average molecular weight is 434 g/mol. The molecule has 3 aromatic rings. The molecule has 2 aliphatic rings. The molecule has 5 rings (SSSR count). The van der Waals surface area contributed by atoms with Crippen LogP contribution in [0.3, 0.4) is 0 Å². The molecule has 1 saturated carbocycles. The number of hydrogen-bond acceptors (Lipinski definition) is 5. The second-order valence-corrected chi connectivity index (χ2v) is 7.51. The van der Waals surface area contributed by atoms with Crippen LogP contribution >= 0.6 is 0 Å². The lowest BCUT2D eigenvalue weighted by molar-refractivity contribution is 0.247. The van der Waals surface area contributed by atoms with Crippen molar-refractivity contribution in [2.24, 2.45) is 5.92 Å². The number of anilines is 1. The summed E-state index contributed by atoms with van der Waals surface area (Å²) in [5, 5.41) is 14.2. The molecule has 7 nitrogen and oxygen atoms in total. The van der Waals surface area contributed by atoms with E-state index < -0.39 is 17.7 Å². The number of pyridine rings is 1. The van der Waals surface area contributed by atoms with Crippen molar-refractivity contribution in [3.63, 3.8) is 0 Å². The van der Waals surface area contributed by atoms with Crippen molar-refractivity contribution in [3.8, 4) is 23.3 Å². The Hall–Kier alpha value is -4.19. The van der Waals surface area contributed by atoms with Gasteiger partial charge in [0, 0.05) is 23.4 Å². The van der Waals surface area contributed by atoms with Gasteiger partial charge in [-0.2, -0.15) is 5.26 Å². The molecule has 1 aromatic heterocycles. The summed E-state index contributed by atoms with van der Waals surface area (Å²) >= 11 is 0. The molecule has 2 N–H and O–H groups in total. The number of aromatic nitrogens is 1. The van der Waals surface area contributed by atoms with Gasteiger partial charge in [-0.15, -0.1) is 0 Å². The van der Waals surface area contributed by atoms with E-state index in [1.807, 2.05) is 6.07 Å². The molecule has 0 radical (unpaired) electrons. The van der Waals surface area contributed by atoms with Gasteiger partial charge in [0.2, 0.25) is 0 Å². The maximum absolute atomic E-state index is 14.2. The Bertz CT molecular complexity index is 1230. The number of rotatable bonds is 4. The number of benzene rings is 2. The quantitative estimate of drug-likeness (QED) is 0.638. The van der Waals surface area contributed by atoms with Gasteiger partial charge in [0.15, 0.2) is 11.6 Å². The minimum absolute atomic E-state index is 0.0736. The van der Waals surface area contributed by atoms with Crippen molar-refractivity contribution in [2.45, 2.75) is 12.0 Å². The highest BCUT2D eigenvalue weighted by Gasteiger charge is 2.57. The molecule has 0 spiro atoms. The van der Waals surface area contributed by atoms with Gasteiger partial charge in [0.25, 0.3) is 0 Å². The van der Waals surface area contributed by atoms with Crippen molar-refractivity contribution < 1.29 is 23.0 Å². The Morgan fingerprint density at radius 3 is 2.56 bits per heavy atom. The molecule has 0 bridgehead atoms. The molecule has 2 amide bonds. The number of nitriles is 1. The zero-order chi connectivity index (χ0) is 22.2. The van der Waals surface area contributed by atoms with Crippen LogP contribution in [-0.4, -0.2) is 23.7 Å². The summed E-state index contributed by atoms with van der Waals surface area (Å²) in [4.78, 5) is 16.5. The number of nitrogens with one attached hydrogen (secondary N) is 2. The second kappa shape index (κ2) is 7.81. The maximum atomic E-state index is 14.2. The highest BCUT2D eigenvalue weighted by molar-refractivity contribution is 5.89. The average Bonchev–Trinajstić information content (AvgIpc) is 3.50. The Balaban J connectivity index is 1.19. The Labute approximate surface area is 181 Å². The van der Waals surface area contributed by atoms with Gasteiger partial charge < -0.3 is 14.8 Å². The van der Waals surface area contributed by atoms with E-state index in [0.29, 0.717) is 22.9 Å². The van der Waals surface area contributed by atoms with Crippen LogP contribution in [0.15, 0.2) is 54.7 Å². The second-order valence-electron chi connectivity index (χ2n) is 7.51. The standard InChI is InChI=1S/C23H16F2N4O3/c24-16-6-7-17(25)22-20(16)19-15(11-31-22)21(19)29-23(30)28-18-8-5-14(10-27-18)32-13-3-1-12(9-26)2-4-13/h1-8,10,15,19,21H,11H2,(H2,27,28,29,30)/t15-,19-,21-/m1/s1. The number of amides is 2. The fraction of sp³-hybridized carbons (Fsp3) is 0.174. The summed E-state index contributed by atoms with van der Waals surface area (Å²) in [6, 6.07) is 13.1. The van der Waals surface area contributed by atoms with Gasteiger partial charge in [-0.25, -0.2) is 18.6 Å². The van der Waals surface area contributed by atoms with Crippen molar-refractivity contribution in [1.29, 1.82) is 5.26 Å². The zero-order valence-electron chi connectivity index (χ0n) is 16.5. The minimum atomic E-state index is -0.609. The lowest BCUT2D eigenvalue weighted by atomic mass is 10.0. The molecule has 1 fully saturated rings. The van der Waals surface area contributed by atoms with Gasteiger partial charge in [-0.3, -0.25) is 5.32 Å². The third kappa shape index (κ3) is 3.67. The van der Waals surface area contributed by atoms with E-state index >= 15 is 0 Å². The van der Waals surface area contributed by atoms with Crippen LogP contribution in [0.2, 0.25) is 0 Å². The number of hydrogen-bond donors (Lipinski definition) is 2. The number of carbonyl (C=O) groups is 1. The molecular formula is C23H16F2N4O3. The normalized spacial score (nSPS) is 20.1. The van der Waals surface area contributed by atoms with Crippen molar-refractivity contribution in [3.05, 3.63) is 77.5 Å². The third-order valence-corrected chi connectivity index (χ3v) is 5.51. The number of carbonyl (C=O) groups excluding carboxylic acids is 1. The number of nitrogens with zero attached hydrogens (tertiary/aromatic N) is 2. The van der Waals surface area contributed by atoms with E-state index in [9.17, 15) is 13.6 Å². The van der Waals surface area contributed by atoms with Crippen LogP contribution in [0.25, 0.3) is 0 Å². The first-order valence-electron chi connectivity index (χ1n) is 9.86. The molecule has 3 atom stereocenters. The Morgan fingerprint density at radius 1 is 1.09 bits per heavy atom. The van der Waals surface area contributed by atoms with Crippen LogP contribution in [-0.2, 0) is 0 Å². The molecule has 160 valence electrons. The summed E-state index contributed by atoms with van der Waals surface area (Å²) in [5.74, 6) is -0.352. The van der Waals surface area contributed by atoms with Gasteiger partial charge in [0.05, 0.1) is 24.4 Å². The Kier molecular flexibility index (Phi) is 4.82. The van der Waals surface area contributed by atoms with E-state index in [0.717, 1.165) is 12.1 Å². The maximum Gasteiger partial charge on any atom is 0.320 e. The van der Waals surface area contributed by atoms with E-state index in [4.69, 9.17) is 14.7 Å². The molecule has 0 unspecified atom stereocenters. The largest absolute Gasteiger partial charge is 0.490 e. The SMILES string of the molecule is N#Cc1ccc(Oc2ccc(NC(=O)N[C@@H]3[C@@H]4COc5c(F)ccc(F)c5[C@@H]43)nc2)cc1. The summed E-state index contributed by atoms with van der Waals surface area (Å²) in [6.07, 6.45) is 1.45. The van der Waals surface area contributed by atoms with E-state index in [2.05, 4.69) is 15.6 Å². The first-order chi connectivity index (χ1) is 15.5. The molecule has 2 heterocycles. The number of fused-ring (bicyclic) bond motifs is 3. The van der Waals surface area contributed by atoms with Crippen molar-refractivity contribution in [2.75, 3.05) is 11.9 Å². The summed E-state index contributed by atoms with van der Waals surface area (Å²) < 4.78 is 39.1. The molecule has 32 heavy (non-hydrogen) atoms. The van der Waals surface area contributed by atoms with Gasteiger partial charge in [-0.05, 0) is 48.5 Å². The van der Waals surface area contributed by atoms with Crippen LogP contribution in [0.1, 0.15) is 17.0 Å². The van der Waals surface area contributed by atoms with Crippen LogP contribution < -0.4 is 20.1 Å². The lowest BCUT2D eigenvalue weighted by Crippen LogP contribution is -2.32. The highest BCUT2D eigenvalue weighted by Crippen LogP contribution is 2.55. The van der Waals surface area contributed by atoms with E-state index in [1.54, 1.807) is 36.4 Å². The van der Waals surface area contributed by atoms with Crippen LogP contribution in [0.4, 0.5) is 19.4 Å². The number of urea groups is 1. The minimum Gasteiger partial charge on any atom is -0.490 e. The third-order valence-electron chi connectivity index (χ3n) is 5.51. The fourth-order valence-electron chi connectivity index (χ4n) is 3.91. The van der Waals surface area contributed by atoms with Gasteiger partial charge in [-0.1, -0.05) is 0 Å². The predicted molar refractivity (Wildman–Crippen MR) is 109 cm³/mol. The van der Waals surface area contributed by atoms with Crippen molar-refractivity contribution in [1.82, 2.24) is 10.3 Å². The molecule has 1 aliphatic heterocycles. The Morgan fingerprint density at radius 2 is 1.84 bits per heavy atom. The number of ether oxygens (including phenoxy) is 2. The van der Waals surface area contributed by atoms with Crippen LogP contribution in [0.5, 0.6) is 17.2 Å². The fourth-order valence-corrected chi connectivity index (χ4v) is 3.91. The first-order valence-corrected chi connectivity index (χ1v) is 9.86. The zero-order valence-corrected chi connectivity index (χ0v) is 16.5. The molecule has 2 aromatic carbocycles. The predicted octanol–water partition coefficient (Wildman–Crippen LogP) is 4.32. The highest BCUT2D eigenvalue weighted by atomic mass is 19.1. The monoisotopic (exact) mass is 434 g/mol. The molecule has 1 aliphatic carbocycles. The summed E-state index contributed by atoms with van der Waals surface area (Å²) in [5.41, 5.74) is 0.702. The summed E-state index contributed by atoms with van der Waals surface area (Å²) in [6.45, 7) is 0.211. The van der Waals surface area contributed by atoms with Gasteiger partial charge >= 0.3 is 6.03 Å². The molecule has 0 saturated heterocycles. The topological polar surface area (TPSA) is 96.3 Å². The van der Waals surface area contributed by atoms with Gasteiger partial charge in [0.1, 0.15) is 23.1 Å².